The Bertz CT molecular complexity index is 884. The van der Waals surface area contributed by atoms with Crippen molar-refractivity contribution in [3.8, 4) is 5.75 Å². The number of carbonyl (C=O) groups is 1. The number of phenolic OH excluding ortho intramolecular Hbond substituents is 1. The lowest BCUT2D eigenvalue weighted by molar-refractivity contribution is -0.0578. The molecule has 2 aromatic rings. The SMILES string of the molecule is CC1(C)CN(C(=O)c2ccc(Cl)cc2)C[C@@H]2CN(Cc3ccccc3O)CCN21. The largest absolute Gasteiger partial charge is 0.508 e. The van der Waals surface area contributed by atoms with Crippen LogP contribution in [0.15, 0.2) is 48.5 Å². The summed E-state index contributed by atoms with van der Waals surface area (Å²) in [5, 5.41) is 10.8. The number of carbonyl (C=O) groups excluding carboxylic acids is 1. The predicted molar refractivity (Wildman–Crippen MR) is 115 cm³/mol. The summed E-state index contributed by atoms with van der Waals surface area (Å²) in [4.78, 5) is 20.0. The predicted octanol–water partition coefficient (Wildman–Crippen LogP) is 3.47. The standard InChI is InChI=1S/C23H28ClN3O2/c1-23(2)16-26(22(29)17-7-9-19(24)10-8-17)15-20-14-25(11-12-27(20)23)13-18-5-3-4-6-21(18)28/h3-10,20,28H,11-16H2,1-2H3/t20-/m0/s1. The minimum Gasteiger partial charge on any atom is -0.508 e. The van der Waals surface area contributed by atoms with Crippen LogP contribution in [0.2, 0.25) is 5.02 Å². The van der Waals surface area contributed by atoms with E-state index in [4.69, 9.17) is 11.6 Å². The van der Waals surface area contributed by atoms with Crippen molar-refractivity contribution >= 4 is 17.5 Å². The molecule has 29 heavy (non-hydrogen) atoms. The van der Waals surface area contributed by atoms with Crippen LogP contribution in [0.4, 0.5) is 0 Å². The number of benzene rings is 2. The number of nitrogens with zero attached hydrogens (tertiary/aromatic N) is 3. The van der Waals surface area contributed by atoms with Crippen molar-refractivity contribution in [3.05, 3.63) is 64.7 Å². The van der Waals surface area contributed by atoms with Gasteiger partial charge >= 0.3 is 0 Å². The molecular weight excluding hydrogens is 386 g/mol. The smallest absolute Gasteiger partial charge is 0.253 e. The Hall–Kier alpha value is -2.08. The van der Waals surface area contributed by atoms with Crippen molar-refractivity contribution < 1.29 is 9.90 Å². The van der Waals surface area contributed by atoms with Crippen LogP contribution in [0.3, 0.4) is 0 Å². The number of fused-ring (bicyclic) bond motifs is 1. The van der Waals surface area contributed by atoms with Crippen molar-refractivity contribution in [2.24, 2.45) is 0 Å². The molecule has 0 unspecified atom stereocenters. The average Bonchev–Trinajstić information content (AvgIpc) is 2.69. The minimum absolute atomic E-state index is 0.0622. The first kappa shape index (κ1) is 20.2. The first-order valence-electron chi connectivity index (χ1n) is 10.1. The number of hydrogen-bond acceptors (Lipinski definition) is 4. The van der Waals surface area contributed by atoms with Crippen molar-refractivity contribution in [2.75, 3.05) is 32.7 Å². The number of phenols is 1. The number of rotatable bonds is 3. The monoisotopic (exact) mass is 413 g/mol. The van der Waals surface area contributed by atoms with Gasteiger partial charge in [-0.05, 0) is 44.2 Å². The number of hydrogen-bond donors (Lipinski definition) is 1. The zero-order valence-corrected chi connectivity index (χ0v) is 17.8. The van der Waals surface area contributed by atoms with Crippen LogP contribution >= 0.6 is 11.6 Å². The van der Waals surface area contributed by atoms with E-state index in [0.717, 1.165) is 31.7 Å². The van der Waals surface area contributed by atoms with Crippen LogP contribution in [-0.4, -0.2) is 70.0 Å². The van der Waals surface area contributed by atoms with Crippen molar-refractivity contribution in [3.63, 3.8) is 0 Å². The highest BCUT2D eigenvalue weighted by Crippen LogP contribution is 2.30. The van der Waals surface area contributed by atoms with E-state index >= 15 is 0 Å². The quantitative estimate of drug-likeness (QED) is 0.837. The van der Waals surface area contributed by atoms with Gasteiger partial charge in [-0.15, -0.1) is 0 Å². The molecule has 1 atom stereocenters. The van der Waals surface area contributed by atoms with Crippen LogP contribution in [0.25, 0.3) is 0 Å². The summed E-state index contributed by atoms with van der Waals surface area (Å²) < 4.78 is 0. The van der Waals surface area contributed by atoms with E-state index in [0.29, 0.717) is 29.4 Å². The van der Waals surface area contributed by atoms with E-state index in [2.05, 4.69) is 23.6 Å². The molecule has 2 fully saturated rings. The van der Waals surface area contributed by atoms with E-state index in [1.54, 1.807) is 30.3 Å². The fraction of sp³-hybridized carbons (Fsp3) is 0.435. The van der Waals surface area contributed by atoms with E-state index < -0.39 is 0 Å². The fourth-order valence-electron chi connectivity index (χ4n) is 4.71. The van der Waals surface area contributed by atoms with E-state index in [1.165, 1.54) is 0 Å². The van der Waals surface area contributed by atoms with E-state index in [1.807, 2.05) is 23.1 Å². The Balaban J connectivity index is 1.49. The first-order chi connectivity index (χ1) is 13.8. The highest BCUT2D eigenvalue weighted by Gasteiger charge is 2.43. The number of piperazine rings is 2. The molecule has 2 aliphatic rings. The Morgan fingerprint density at radius 1 is 1.10 bits per heavy atom. The summed E-state index contributed by atoms with van der Waals surface area (Å²) >= 11 is 5.98. The van der Waals surface area contributed by atoms with Crippen molar-refractivity contribution in [1.29, 1.82) is 0 Å². The Kier molecular flexibility index (Phi) is 5.56. The van der Waals surface area contributed by atoms with Gasteiger partial charge in [-0.3, -0.25) is 14.6 Å². The van der Waals surface area contributed by atoms with Crippen LogP contribution in [0.1, 0.15) is 29.8 Å². The fourth-order valence-corrected chi connectivity index (χ4v) is 4.83. The lowest BCUT2D eigenvalue weighted by Gasteiger charge is -2.55. The maximum atomic E-state index is 13.1. The molecule has 0 saturated carbocycles. The Labute approximate surface area is 177 Å². The molecule has 2 aromatic carbocycles. The third-order valence-electron chi connectivity index (χ3n) is 6.12. The van der Waals surface area contributed by atoms with Crippen LogP contribution < -0.4 is 0 Å². The second kappa shape index (κ2) is 7.98. The summed E-state index contributed by atoms with van der Waals surface area (Å²) in [6, 6.07) is 14.9. The number of amides is 1. The lowest BCUT2D eigenvalue weighted by Crippen LogP contribution is -2.70. The maximum Gasteiger partial charge on any atom is 0.253 e. The highest BCUT2D eigenvalue weighted by molar-refractivity contribution is 6.30. The normalized spacial score (nSPS) is 22.3. The van der Waals surface area contributed by atoms with E-state index in [9.17, 15) is 9.90 Å². The second-order valence-corrected chi connectivity index (χ2v) is 9.15. The number of halogens is 1. The molecule has 0 radical (unpaired) electrons. The number of aromatic hydroxyl groups is 1. The van der Waals surface area contributed by atoms with Crippen LogP contribution in [0, 0.1) is 0 Å². The van der Waals surface area contributed by atoms with Gasteiger partial charge in [0.25, 0.3) is 5.91 Å². The molecule has 1 N–H and O–H groups in total. The molecule has 4 rings (SSSR count). The molecule has 0 aromatic heterocycles. The minimum atomic E-state index is -0.0774. The summed E-state index contributed by atoms with van der Waals surface area (Å²) in [5.41, 5.74) is 1.55. The van der Waals surface area contributed by atoms with Crippen molar-refractivity contribution in [2.45, 2.75) is 32.0 Å². The molecule has 0 bridgehead atoms. The zero-order valence-electron chi connectivity index (χ0n) is 17.0. The van der Waals surface area contributed by atoms with Gasteiger partial charge < -0.3 is 10.0 Å². The molecule has 2 heterocycles. The maximum absolute atomic E-state index is 13.1. The summed E-state index contributed by atoms with van der Waals surface area (Å²) in [7, 11) is 0. The van der Waals surface area contributed by atoms with Gasteiger partial charge in [0.15, 0.2) is 0 Å². The highest BCUT2D eigenvalue weighted by atomic mass is 35.5. The first-order valence-corrected chi connectivity index (χ1v) is 10.5. The van der Waals surface area contributed by atoms with Gasteiger partial charge in [-0.2, -0.15) is 0 Å². The second-order valence-electron chi connectivity index (χ2n) is 8.72. The molecule has 5 nitrogen and oxygen atoms in total. The van der Waals surface area contributed by atoms with Crippen LogP contribution in [0.5, 0.6) is 5.75 Å². The van der Waals surface area contributed by atoms with Gasteiger partial charge in [0.05, 0.1) is 0 Å². The molecule has 2 aliphatic heterocycles. The Morgan fingerprint density at radius 3 is 2.55 bits per heavy atom. The third-order valence-corrected chi connectivity index (χ3v) is 6.37. The van der Waals surface area contributed by atoms with Gasteiger partial charge in [0.1, 0.15) is 5.75 Å². The van der Waals surface area contributed by atoms with Gasteiger partial charge in [-0.1, -0.05) is 29.8 Å². The van der Waals surface area contributed by atoms with Gasteiger partial charge in [-0.25, -0.2) is 0 Å². The van der Waals surface area contributed by atoms with Crippen molar-refractivity contribution in [1.82, 2.24) is 14.7 Å². The van der Waals surface area contributed by atoms with Gasteiger partial charge in [0.2, 0.25) is 0 Å². The molecule has 1 amide bonds. The number of para-hydroxylation sites is 1. The molecular formula is C23H28ClN3O2. The zero-order chi connectivity index (χ0) is 20.6. The summed E-state index contributed by atoms with van der Waals surface area (Å²) in [5.74, 6) is 0.408. The summed E-state index contributed by atoms with van der Waals surface area (Å²) in [6.07, 6.45) is 0. The molecule has 0 spiro atoms. The third kappa shape index (κ3) is 4.27. The molecule has 6 heteroatoms. The molecule has 154 valence electrons. The topological polar surface area (TPSA) is 47.0 Å². The average molecular weight is 414 g/mol. The van der Waals surface area contributed by atoms with Gasteiger partial charge in [0, 0.05) is 67.0 Å². The van der Waals surface area contributed by atoms with E-state index in [-0.39, 0.29) is 17.5 Å². The summed E-state index contributed by atoms with van der Waals surface area (Å²) in [6.45, 7) is 9.39. The molecule has 2 saturated heterocycles. The Morgan fingerprint density at radius 2 is 1.83 bits per heavy atom. The van der Waals surface area contributed by atoms with Crippen LogP contribution in [-0.2, 0) is 6.54 Å². The lowest BCUT2D eigenvalue weighted by atomic mass is 9.92. The molecule has 0 aliphatic carbocycles.